The molecule has 8 heteroatoms. The molecule has 3 atom stereocenters. The molecular formula is C26H24F2N4OS. The Hall–Kier alpha value is -3.18. The first-order valence-corrected chi connectivity index (χ1v) is 12.0. The van der Waals surface area contributed by atoms with Crippen molar-refractivity contribution < 1.29 is 13.6 Å². The third kappa shape index (κ3) is 3.68. The van der Waals surface area contributed by atoms with E-state index in [1.807, 2.05) is 11.8 Å². The lowest BCUT2D eigenvalue weighted by atomic mass is 9.84. The van der Waals surface area contributed by atoms with Gasteiger partial charge in [0.1, 0.15) is 16.4 Å². The van der Waals surface area contributed by atoms with Crippen LogP contribution in [0.15, 0.2) is 41.5 Å². The highest BCUT2D eigenvalue weighted by atomic mass is 32.2. The van der Waals surface area contributed by atoms with Crippen molar-refractivity contribution in [1.82, 2.24) is 9.88 Å². The van der Waals surface area contributed by atoms with Crippen LogP contribution in [0.4, 0.5) is 8.78 Å². The van der Waals surface area contributed by atoms with Gasteiger partial charge in [0.2, 0.25) is 5.91 Å². The van der Waals surface area contributed by atoms with Gasteiger partial charge < -0.3 is 10.6 Å². The van der Waals surface area contributed by atoms with Crippen molar-refractivity contribution in [2.24, 2.45) is 16.6 Å². The number of carbonyl (C=O) groups is 1. The number of aromatic nitrogens is 1. The summed E-state index contributed by atoms with van der Waals surface area (Å²) in [5.41, 5.74) is 6.60. The van der Waals surface area contributed by atoms with Gasteiger partial charge in [-0.2, -0.15) is 0 Å². The van der Waals surface area contributed by atoms with Gasteiger partial charge in [-0.25, -0.2) is 8.78 Å². The monoisotopic (exact) mass is 478 g/mol. The number of nitrogens with two attached hydrogens (primary N) is 1. The number of halogens is 2. The third-order valence-corrected chi connectivity index (χ3v) is 8.27. The summed E-state index contributed by atoms with van der Waals surface area (Å²) in [6, 6.07) is 7.49. The molecule has 1 amide bonds. The number of hydrogen-bond donors (Lipinski definition) is 1. The minimum absolute atomic E-state index is 0.0630. The molecule has 1 aromatic carbocycles. The van der Waals surface area contributed by atoms with Gasteiger partial charge in [-0.1, -0.05) is 23.7 Å². The molecular weight excluding hydrogens is 454 g/mol. The van der Waals surface area contributed by atoms with Crippen molar-refractivity contribution in [3.05, 3.63) is 64.7 Å². The molecule has 5 rings (SSSR count). The molecule has 0 unspecified atom stereocenters. The lowest BCUT2D eigenvalue weighted by molar-refractivity contribution is -0.130. The summed E-state index contributed by atoms with van der Waals surface area (Å²) in [6.07, 6.45) is 10.6. The van der Waals surface area contributed by atoms with Crippen LogP contribution in [0.25, 0.3) is 11.9 Å². The first-order chi connectivity index (χ1) is 16.3. The molecule has 2 aromatic rings. The maximum Gasteiger partial charge on any atom is 0.239 e. The molecule has 2 N–H and O–H groups in total. The van der Waals surface area contributed by atoms with Gasteiger partial charge >= 0.3 is 0 Å². The summed E-state index contributed by atoms with van der Waals surface area (Å²) in [6.45, 7) is 3.30. The second kappa shape index (κ2) is 8.24. The highest BCUT2D eigenvalue weighted by molar-refractivity contribution is 8.15. The number of likely N-dealkylation sites (tertiary alicyclic amines) is 1. The number of pyridine rings is 1. The van der Waals surface area contributed by atoms with E-state index in [2.05, 4.69) is 15.9 Å². The number of fused-ring (bicyclic) bond motifs is 1. The molecule has 5 nitrogen and oxygen atoms in total. The van der Waals surface area contributed by atoms with Crippen molar-refractivity contribution in [3.8, 4) is 12.3 Å². The number of hydrogen-bond acceptors (Lipinski definition) is 5. The summed E-state index contributed by atoms with van der Waals surface area (Å²) in [5, 5.41) is 0.271. The molecule has 174 valence electrons. The smallest absolute Gasteiger partial charge is 0.239 e. The number of benzene rings is 1. The van der Waals surface area contributed by atoms with E-state index in [0.29, 0.717) is 23.1 Å². The first kappa shape index (κ1) is 22.6. The summed E-state index contributed by atoms with van der Waals surface area (Å²) in [7, 11) is 0. The molecule has 1 saturated heterocycles. The van der Waals surface area contributed by atoms with Crippen molar-refractivity contribution in [1.29, 1.82) is 0 Å². The Balaban J connectivity index is 1.48. The normalized spacial score (nSPS) is 28.2. The Labute approximate surface area is 201 Å². The zero-order valence-corrected chi connectivity index (χ0v) is 19.5. The minimum Gasteiger partial charge on any atom is -0.378 e. The first-order valence-electron chi connectivity index (χ1n) is 11.2. The topological polar surface area (TPSA) is 71.6 Å². The molecule has 34 heavy (non-hydrogen) atoms. The second-order valence-corrected chi connectivity index (χ2v) is 10.5. The van der Waals surface area contributed by atoms with Gasteiger partial charge in [-0.3, -0.25) is 14.8 Å². The van der Waals surface area contributed by atoms with E-state index < -0.39 is 21.9 Å². The predicted octanol–water partition coefficient (Wildman–Crippen LogP) is 4.33. The Morgan fingerprint density at radius 3 is 2.76 bits per heavy atom. The van der Waals surface area contributed by atoms with Crippen LogP contribution in [-0.4, -0.2) is 38.8 Å². The van der Waals surface area contributed by atoms with E-state index in [1.165, 1.54) is 42.2 Å². The Kier molecular flexibility index (Phi) is 5.48. The van der Waals surface area contributed by atoms with Crippen molar-refractivity contribution in [2.75, 3.05) is 13.1 Å². The minimum atomic E-state index is -1.03. The number of rotatable bonds is 4. The fraction of sp³-hybridized carbons (Fsp3) is 0.346. The zero-order chi connectivity index (χ0) is 24.1. The molecule has 2 aliphatic heterocycles. The molecule has 1 aromatic heterocycles. The number of aliphatic imine (C=N–C) groups is 1. The molecule has 1 aliphatic carbocycles. The largest absolute Gasteiger partial charge is 0.378 e. The maximum atomic E-state index is 15.1. The Morgan fingerprint density at radius 1 is 1.32 bits per heavy atom. The van der Waals surface area contributed by atoms with Crippen molar-refractivity contribution >= 4 is 34.7 Å². The zero-order valence-electron chi connectivity index (χ0n) is 18.7. The van der Waals surface area contributed by atoms with Crippen LogP contribution in [0.3, 0.4) is 0 Å². The highest BCUT2D eigenvalue weighted by Gasteiger charge is 2.71. The van der Waals surface area contributed by atoms with Crippen molar-refractivity contribution in [3.63, 3.8) is 0 Å². The number of thioether (sulfide) groups is 1. The molecule has 0 spiro atoms. The molecule has 3 aliphatic rings. The van der Waals surface area contributed by atoms with Gasteiger partial charge in [-0.15, -0.1) is 6.42 Å². The fourth-order valence-corrected chi connectivity index (χ4v) is 6.55. The van der Waals surface area contributed by atoms with Crippen LogP contribution in [0, 0.1) is 24.1 Å². The van der Waals surface area contributed by atoms with Crippen LogP contribution < -0.4 is 5.73 Å². The quantitative estimate of drug-likeness (QED) is 0.664. The van der Waals surface area contributed by atoms with E-state index in [4.69, 9.17) is 12.2 Å². The number of amides is 1. The Morgan fingerprint density at radius 2 is 2.09 bits per heavy atom. The Bertz CT molecular complexity index is 1260. The third-order valence-electron chi connectivity index (χ3n) is 6.98. The van der Waals surface area contributed by atoms with Crippen LogP contribution in [0.2, 0.25) is 0 Å². The number of nitrogens with zero attached hydrogens (tertiary/aromatic N) is 3. The van der Waals surface area contributed by atoms with Crippen LogP contribution >= 0.6 is 11.8 Å². The summed E-state index contributed by atoms with van der Waals surface area (Å²) >= 11 is 1.30. The molecule has 0 radical (unpaired) electrons. The number of amidine groups is 1. The lowest BCUT2D eigenvalue weighted by Crippen LogP contribution is -2.45. The van der Waals surface area contributed by atoms with Gasteiger partial charge in [0, 0.05) is 36.3 Å². The summed E-state index contributed by atoms with van der Waals surface area (Å²) in [5.74, 6) is 1.28. The van der Waals surface area contributed by atoms with E-state index in [0.717, 1.165) is 25.9 Å². The predicted molar refractivity (Wildman–Crippen MR) is 131 cm³/mol. The number of terminal acetylenes is 1. The van der Waals surface area contributed by atoms with Crippen LogP contribution in [0.5, 0.6) is 0 Å². The van der Waals surface area contributed by atoms with Gasteiger partial charge in [0.05, 0.1) is 11.2 Å². The van der Waals surface area contributed by atoms with Gasteiger partial charge in [-0.05, 0) is 62.1 Å². The van der Waals surface area contributed by atoms with Crippen LogP contribution in [0.1, 0.15) is 48.6 Å². The lowest BCUT2D eigenvalue weighted by Gasteiger charge is -2.35. The van der Waals surface area contributed by atoms with Crippen molar-refractivity contribution in [2.45, 2.75) is 36.5 Å². The molecule has 0 bridgehead atoms. The maximum absolute atomic E-state index is 15.1. The van der Waals surface area contributed by atoms with E-state index in [-0.39, 0.29) is 22.7 Å². The number of carbonyl (C=O) groups excluding carboxylic acids is 1. The van der Waals surface area contributed by atoms with E-state index >= 15 is 4.39 Å². The van der Waals surface area contributed by atoms with E-state index in [9.17, 15) is 9.18 Å². The van der Waals surface area contributed by atoms with E-state index in [1.54, 1.807) is 12.1 Å². The molecule has 3 heterocycles. The highest BCUT2D eigenvalue weighted by Crippen LogP contribution is 2.66. The average molecular weight is 479 g/mol. The van der Waals surface area contributed by atoms with Gasteiger partial charge in [0.25, 0.3) is 0 Å². The van der Waals surface area contributed by atoms with Crippen LogP contribution in [-0.2, 0) is 10.3 Å². The second-order valence-electron chi connectivity index (χ2n) is 9.15. The molecule has 1 saturated carbocycles. The summed E-state index contributed by atoms with van der Waals surface area (Å²) < 4.78 is 29.3. The van der Waals surface area contributed by atoms with Gasteiger partial charge in [0.15, 0.2) is 5.17 Å². The summed E-state index contributed by atoms with van der Waals surface area (Å²) in [4.78, 5) is 23.9. The standard InChI is InChI=1S/C26H24F2N4OS/c1-3-16-7-9-21(30-15-16)20(28)13-17-6-8-19(27)18(12-17)25(2)22-14-26(22,34-24(29)31-25)23(33)32-10-4-5-11-32/h1,6-9,12-13,15,22H,4-5,10-11,14H2,2H3,(H2,29,31)/b20-13-/t22-,25+,26-/m0/s1. The average Bonchev–Trinajstić information content (AvgIpc) is 3.33. The molecule has 2 fully saturated rings. The SMILES string of the molecule is C#Cc1ccc(/C(F)=C/c2ccc(F)c([C@@]3(C)N=C(N)S[C@@]4(C(=O)N5CCCC5)C[C@H]43)c2)nc1. The fourth-order valence-electron chi connectivity index (χ4n) is 5.10.